The largest absolute Gasteiger partial charge is 0.286 e. The van der Waals surface area contributed by atoms with E-state index in [1.807, 2.05) is 24.3 Å². The van der Waals surface area contributed by atoms with E-state index < -0.39 is 0 Å². The Balaban J connectivity index is 2.73. The van der Waals surface area contributed by atoms with Gasteiger partial charge in [-0.25, -0.2) is 0 Å². The fourth-order valence-electron chi connectivity index (χ4n) is 1.83. The Bertz CT molecular complexity index is 352. The van der Waals surface area contributed by atoms with Gasteiger partial charge in [0.1, 0.15) is 0 Å². The van der Waals surface area contributed by atoms with Crippen molar-refractivity contribution in [1.29, 1.82) is 0 Å². The lowest BCUT2D eigenvalue weighted by molar-refractivity contribution is 0.522. The standard InChI is InChI=1S/C14H20ClN/c1-10(2)9-11(3)16-12(4)13-5-7-14(15)8-6-13/h5-8,10-11H,9H2,1-4H3/t11-/m1/s1. The Kier molecular flexibility index (Phi) is 5.01. The molecule has 0 bridgehead atoms. The molecular formula is C14H20ClN. The lowest BCUT2D eigenvalue weighted by atomic mass is 10.1. The van der Waals surface area contributed by atoms with Gasteiger partial charge in [-0.1, -0.05) is 37.6 Å². The van der Waals surface area contributed by atoms with Gasteiger partial charge in [0.15, 0.2) is 0 Å². The van der Waals surface area contributed by atoms with Crippen LogP contribution in [0.1, 0.15) is 39.7 Å². The molecule has 0 aromatic heterocycles. The minimum Gasteiger partial charge on any atom is -0.286 e. The number of halogens is 1. The molecule has 0 amide bonds. The van der Waals surface area contributed by atoms with E-state index in [1.165, 1.54) is 0 Å². The summed E-state index contributed by atoms with van der Waals surface area (Å²) in [5.41, 5.74) is 2.24. The molecule has 0 aliphatic carbocycles. The Hall–Kier alpha value is -0.820. The van der Waals surface area contributed by atoms with Crippen LogP contribution in [-0.4, -0.2) is 11.8 Å². The minimum atomic E-state index is 0.385. The van der Waals surface area contributed by atoms with Crippen molar-refractivity contribution in [3.63, 3.8) is 0 Å². The first kappa shape index (κ1) is 13.2. The Morgan fingerprint density at radius 2 is 1.75 bits per heavy atom. The molecule has 16 heavy (non-hydrogen) atoms. The predicted octanol–water partition coefficient (Wildman–Crippen LogP) is 4.58. The number of nitrogens with zero attached hydrogens (tertiary/aromatic N) is 1. The molecule has 0 N–H and O–H groups in total. The van der Waals surface area contributed by atoms with Gasteiger partial charge in [0.2, 0.25) is 0 Å². The summed E-state index contributed by atoms with van der Waals surface area (Å²) in [6.07, 6.45) is 1.13. The second-order valence-corrected chi connectivity index (χ2v) is 5.14. The van der Waals surface area contributed by atoms with Gasteiger partial charge in [0.25, 0.3) is 0 Å². The average molecular weight is 238 g/mol. The number of benzene rings is 1. The maximum Gasteiger partial charge on any atom is 0.0477 e. The number of rotatable bonds is 4. The Morgan fingerprint density at radius 3 is 2.25 bits per heavy atom. The third-order valence-corrected chi connectivity index (χ3v) is 2.74. The third kappa shape index (κ3) is 4.36. The average Bonchev–Trinajstić information content (AvgIpc) is 2.16. The van der Waals surface area contributed by atoms with E-state index in [1.54, 1.807) is 0 Å². The fourth-order valence-corrected chi connectivity index (χ4v) is 1.96. The molecule has 0 spiro atoms. The maximum absolute atomic E-state index is 5.85. The van der Waals surface area contributed by atoms with Gasteiger partial charge in [0, 0.05) is 16.8 Å². The van der Waals surface area contributed by atoms with Crippen molar-refractivity contribution < 1.29 is 0 Å². The van der Waals surface area contributed by atoms with Gasteiger partial charge in [-0.05, 0) is 43.9 Å². The zero-order chi connectivity index (χ0) is 12.1. The molecule has 0 aliphatic rings. The molecule has 88 valence electrons. The van der Waals surface area contributed by atoms with E-state index in [0.717, 1.165) is 22.7 Å². The summed E-state index contributed by atoms with van der Waals surface area (Å²) in [7, 11) is 0. The second-order valence-electron chi connectivity index (χ2n) is 4.70. The van der Waals surface area contributed by atoms with Gasteiger partial charge >= 0.3 is 0 Å². The van der Waals surface area contributed by atoms with Crippen molar-refractivity contribution in [2.45, 2.75) is 40.2 Å². The monoisotopic (exact) mass is 237 g/mol. The highest BCUT2D eigenvalue weighted by molar-refractivity contribution is 6.30. The summed E-state index contributed by atoms with van der Waals surface area (Å²) >= 11 is 5.85. The van der Waals surface area contributed by atoms with E-state index in [4.69, 9.17) is 16.6 Å². The van der Waals surface area contributed by atoms with E-state index in [9.17, 15) is 0 Å². The molecule has 1 atom stereocenters. The highest BCUT2D eigenvalue weighted by atomic mass is 35.5. The number of hydrogen-bond acceptors (Lipinski definition) is 1. The van der Waals surface area contributed by atoms with Crippen molar-refractivity contribution >= 4 is 17.3 Å². The predicted molar refractivity (Wildman–Crippen MR) is 72.6 cm³/mol. The highest BCUT2D eigenvalue weighted by Crippen LogP contribution is 2.13. The van der Waals surface area contributed by atoms with Crippen molar-refractivity contribution in [1.82, 2.24) is 0 Å². The molecule has 1 nitrogen and oxygen atoms in total. The Morgan fingerprint density at radius 1 is 1.19 bits per heavy atom. The number of hydrogen-bond donors (Lipinski definition) is 0. The molecular weight excluding hydrogens is 218 g/mol. The molecule has 1 aromatic rings. The third-order valence-electron chi connectivity index (χ3n) is 2.49. The first-order valence-corrected chi connectivity index (χ1v) is 6.17. The SMILES string of the molecule is CC(=N[C@H](C)CC(C)C)c1ccc(Cl)cc1. The summed E-state index contributed by atoms with van der Waals surface area (Å²) in [5.74, 6) is 0.691. The molecule has 0 unspecified atom stereocenters. The van der Waals surface area contributed by atoms with Crippen molar-refractivity contribution in [3.05, 3.63) is 34.9 Å². The smallest absolute Gasteiger partial charge is 0.0477 e. The van der Waals surface area contributed by atoms with Crippen LogP contribution in [0.5, 0.6) is 0 Å². The van der Waals surface area contributed by atoms with Gasteiger partial charge < -0.3 is 0 Å². The molecule has 1 aromatic carbocycles. The van der Waals surface area contributed by atoms with Crippen LogP contribution in [0, 0.1) is 5.92 Å². The van der Waals surface area contributed by atoms with Crippen LogP contribution in [0.2, 0.25) is 5.02 Å². The zero-order valence-corrected chi connectivity index (χ0v) is 11.3. The summed E-state index contributed by atoms with van der Waals surface area (Å²) in [4.78, 5) is 4.69. The normalized spacial score (nSPS) is 14.2. The molecule has 2 heteroatoms. The van der Waals surface area contributed by atoms with Gasteiger partial charge in [-0.15, -0.1) is 0 Å². The van der Waals surface area contributed by atoms with Crippen LogP contribution < -0.4 is 0 Å². The van der Waals surface area contributed by atoms with Crippen LogP contribution >= 0.6 is 11.6 Å². The van der Waals surface area contributed by atoms with E-state index in [-0.39, 0.29) is 0 Å². The van der Waals surface area contributed by atoms with Crippen molar-refractivity contribution in [2.24, 2.45) is 10.9 Å². The molecule has 1 rings (SSSR count). The van der Waals surface area contributed by atoms with Crippen LogP contribution in [0.15, 0.2) is 29.3 Å². The van der Waals surface area contributed by atoms with Gasteiger partial charge in [0.05, 0.1) is 0 Å². The lowest BCUT2D eigenvalue weighted by Gasteiger charge is -2.11. The highest BCUT2D eigenvalue weighted by Gasteiger charge is 2.04. The van der Waals surface area contributed by atoms with Crippen LogP contribution in [0.25, 0.3) is 0 Å². The Labute approximate surface area is 104 Å². The van der Waals surface area contributed by atoms with E-state index in [2.05, 4.69) is 27.7 Å². The molecule has 0 heterocycles. The second kappa shape index (κ2) is 6.05. The van der Waals surface area contributed by atoms with Crippen molar-refractivity contribution in [2.75, 3.05) is 0 Å². The number of aliphatic imine (C=N–C) groups is 1. The molecule has 0 saturated carbocycles. The summed E-state index contributed by atoms with van der Waals surface area (Å²) in [5, 5.41) is 0.770. The van der Waals surface area contributed by atoms with Crippen LogP contribution in [0.3, 0.4) is 0 Å². The lowest BCUT2D eigenvalue weighted by Crippen LogP contribution is -2.07. The quantitative estimate of drug-likeness (QED) is 0.680. The van der Waals surface area contributed by atoms with E-state index >= 15 is 0 Å². The molecule has 0 aliphatic heterocycles. The van der Waals surface area contributed by atoms with Gasteiger partial charge in [-0.2, -0.15) is 0 Å². The first-order valence-electron chi connectivity index (χ1n) is 5.79. The summed E-state index contributed by atoms with van der Waals surface area (Å²) < 4.78 is 0. The first-order chi connectivity index (χ1) is 7.49. The zero-order valence-electron chi connectivity index (χ0n) is 10.5. The van der Waals surface area contributed by atoms with Crippen molar-refractivity contribution in [3.8, 4) is 0 Å². The van der Waals surface area contributed by atoms with Crippen LogP contribution in [0.4, 0.5) is 0 Å². The van der Waals surface area contributed by atoms with Gasteiger partial charge in [-0.3, -0.25) is 4.99 Å². The molecule has 0 radical (unpaired) electrons. The summed E-state index contributed by atoms with van der Waals surface area (Å²) in [6.45, 7) is 8.67. The van der Waals surface area contributed by atoms with Crippen LogP contribution in [-0.2, 0) is 0 Å². The minimum absolute atomic E-state index is 0.385. The summed E-state index contributed by atoms with van der Waals surface area (Å²) in [6, 6.07) is 8.23. The molecule has 0 fully saturated rings. The molecule has 0 saturated heterocycles. The topological polar surface area (TPSA) is 12.4 Å². The van der Waals surface area contributed by atoms with E-state index in [0.29, 0.717) is 12.0 Å². The fraction of sp³-hybridized carbons (Fsp3) is 0.500. The maximum atomic E-state index is 5.85.